The lowest BCUT2D eigenvalue weighted by Gasteiger charge is -2.32. The first kappa shape index (κ1) is 25.3. The zero-order valence-electron chi connectivity index (χ0n) is 21.0. The van der Waals surface area contributed by atoms with Crippen LogP contribution in [0.5, 0.6) is 0 Å². The zero-order chi connectivity index (χ0) is 25.2. The maximum atomic E-state index is 13.1. The van der Waals surface area contributed by atoms with Crippen LogP contribution in [0.25, 0.3) is 0 Å². The molecule has 0 unspecified atom stereocenters. The molecule has 0 bridgehead atoms. The van der Waals surface area contributed by atoms with E-state index in [0.29, 0.717) is 18.9 Å². The Bertz CT molecular complexity index is 1060. The number of nitrogens with one attached hydrogen (secondary N) is 1. The lowest BCUT2D eigenvalue weighted by molar-refractivity contribution is -0.131. The molecule has 0 radical (unpaired) electrons. The maximum absolute atomic E-state index is 13.1. The fourth-order valence-electron chi connectivity index (χ4n) is 4.71. The van der Waals surface area contributed by atoms with Crippen LogP contribution < -0.4 is 10.8 Å². The Kier molecular flexibility index (Phi) is 7.24. The second-order valence-electron chi connectivity index (χ2n) is 10.6. The van der Waals surface area contributed by atoms with E-state index in [2.05, 4.69) is 17.4 Å². The molecule has 2 amide bonds. The number of nitrogens with zero attached hydrogens (tertiary/aromatic N) is 1. The molecule has 2 aromatic carbocycles. The van der Waals surface area contributed by atoms with Crippen molar-refractivity contribution in [2.24, 2.45) is 0 Å². The molecular weight excluding hydrogens is 443 g/mol. The molecule has 0 spiro atoms. The number of carbonyl (C=O) groups excluding carboxylic acids is 1. The number of rotatable bonds is 6. The molecule has 2 saturated heterocycles. The van der Waals surface area contributed by atoms with Gasteiger partial charge in [0.05, 0.1) is 17.6 Å². The van der Waals surface area contributed by atoms with Crippen LogP contribution in [0.3, 0.4) is 0 Å². The van der Waals surface area contributed by atoms with E-state index >= 15 is 0 Å². The van der Waals surface area contributed by atoms with Crippen molar-refractivity contribution in [1.82, 2.24) is 10.2 Å². The Balaban J connectivity index is 1.33. The highest BCUT2D eigenvalue weighted by molar-refractivity contribution is 6.62. The second-order valence-corrected chi connectivity index (χ2v) is 10.6. The van der Waals surface area contributed by atoms with Crippen molar-refractivity contribution in [2.75, 3.05) is 13.1 Å². The summed E-state index contributed by atoms with van der Waals surface area (Å²) in [6, 6.07) is 16.0. The van der Waals surface area contributed by atoms with Gasteiger partial charge in [-0.25, -0.2) is 4.79 Å². The zero-order valence-corrected chi connectivity index (χ0v) is 21.0. The van der Waals surface area contributed by atoms with Gasteiger partial charge < -0.3 is 24.6 Å². The van der Waals surface area contributed by atoms with Crippen LogP contribution in [-0.2, 0) is 27.1 Å². The highest BCUT2D eigenvalue weighted by atomic mass is 16.7. The third kappa shape index (κ3) is 5.88. The van der Waals surface area contributed by atoms with E-state index in [9.17, 15) is 9.59 Å². The minimum atomic E-state index is -1.02. The molecule has 186 valence electrons. The van der Waals surface area contributed by atoms with Gasteiger partial charge in [-0.3, -0.25) is 4.79 Å². The largest absolute Gasteiger partial charge is 0.494 e. The van der Waals surface area contributed by atoms with Gasteiger partial charge in [-0.2, -0.15) is 0 Å². The molecule has 2 aliphatic heterocycles. The molecule has 2 aliphatic rings. The monoisotopic (exact) mass is 478 g/mol. The third-order valence-corrected chi connectivity index (χ3v) is 7.55. The van der Waals surface area contributed by atoms with E-state index in [1.54, 1.807) is 0 Å². The average Bonchev–Trinajstić information content (AvgIpc) is 3.05. The maximum Gasteiger partial charge on any atom is 0.494 e. The van der Waals surface area contributed by atoms with Crippen LogP contribution >= 0.6 is 0 Å². The van der Waals surface area contributed by atoms with Crippen molar-refractivity contribution >= 4 is 24.6 Å². The summed E-state index contributed by atoms with van der Waals surface area (Å²) in [5, 5.41) is 11.2. The summed E-state index contributed by atoms with van der Waals surface area (Å²) in [5.74, 6) is 0.504. The van der Waals surface area contributed by atoms with Gasteiger partial charge in [0.1, 0.15) is 0 Å². The fraction of sp³-hybridized carbons (Fsp3) is 0.481. The van der Waals surface area contributed by atoms with Crippen LogP contribution in [0.15, 0.2) is 48.5 Å². The van der Waals surface area contributed by atoms with Crippen molar-refractivity contribution in [1.29, 1.82) is 0 Å². The van der Waals surface area contributed by atoms with Gasteiger partial charge in [-0.15, -0.1) is 0 Å². The molecule has 0 atom stereocenters. The highest BCUT2D eigenvalue weighted by Gasteiger charge is 2.51. The van der Waals surface area contributed by atoms with Crippen molar-refractivity contribution in [3.8, 4) is 0 Å². The van der Waals surface area contributed by atoms with E-state index in [0.717, 1.165) is 42.5 Å². The molecule has 2 aromatic rings. The highest BCUT2D eigenvalue weighted by Crippen LogP contribution is 2.36. The first-order chi connectivity index (χ1) is 16.5. The number of piperidine rings is 1. The predicted octanol–water partition coefficient (Wildman–Crippen LogP) is 3.70. The smallest absolute Gasteiger partial charge is 0.465 e. The summed E-state index contributed by atoms with van der Waals surface area (Å²) in [4.78, 5) is 25.8. The molecular formula is C27H35BN2O5. The van der Waals surface area contributed by atoms with Crippen molar-refractivity contribution in [3.63, 3.8) is 0 Å². The molecule has 0 aromatic heterocycles. The van der Waals surface area contributed by atoms with Crippen molar-refractivity contribution in [2.45, 2.75) is 70.6 Å². The van der Waals surface area contributed by atoms with Crippen LogP contribution in [0, 0.1) is 0 Å². The summed E-state index contributed by atoms with van der Waals surface area (Å²) in [5.41, 5.74) is 3.25. The topological polar surface area (TPSA) is 88.1 Å². The summed E-state index contributed by atoms with van der Waals surface area (Å²) in [6.07, 6.45) is 1.13. The lowest BCUT2D eigenvalue weighted by Crippen LogP contribution is -2.41. The number of carboxylic acid groups (broad SMARTS) is 1. The molecule has 35 heavy (non-hydrogen) atoms. The average molecular weight is 478 g/mol. The molecule has 2 heterocycles. The third-order valence-electron chi connectivity index (χ3n) is 7.55. The van der Waals surface area contributed by atoms with Crippen molar-refractivity contribution < 1.29 is 24.0 Å². The standard InChI is InChI=1S/C27H35BN2O5/c1-26(2)27(3,4)35-28(34-26)23-10-6-7-19(16-23)17-24(31)30-13-11-21(12-14-30)22-9-5-8-20(15-22)18-29-25(32)33/h5-10,15-16,21,29H,11-14,17-18H2,1-4H3,(H,32,33). The number of likely N-dealkylation sites (tertiary alicyclic amines) is 1. The molecule has 8 heteroatoms. The Morgan fingerprint density at radius 3 is 2.29 bits per heavy atom. The number of amides is 2. The minimum Gasteiger partial charge on any atom is -0.465 e. The summed E-state index contributed by atoms with van der Waals surface area (Å²) >= 11 is 0. The Hall–Kier alpha value is -2.84. The van der Waals surface area contributed by atoms with Gasteiger partial charge in [-0.1, -0.05) is 48.5 Å². The molecule has 2 fully saturated rings. The minimum absolute atomic E-state index is 0.133. The summed E-state index contributed by atoms with van der Waals surface area (Å²) in [6.45, 7) is 9.88. The van der Waals surface area contributed by atoms with Gasteiger partial charge in [0, 0.05) is 19.6 Å². The van der Waals surface area contributed by atoms with Gasteiger partial charge in [0.25, 0.3) is 0 Å². The van der Waals surface area contributed by atoms with Crippen LogP contribution in [-0.4, -0.2) is 53.4 Å². The molecule has 4 rings (SSSR count). The van der Waals surface area contributed by atoms with E-state index in [-0.39, 0.29) is 5.91 Å². The number of carbonyl (C=O) groups is 2. The van der Waals surface area contributed by atoms with Crippen LogP contribution in [0.1, 0.15) is 63.1 Å². The SMILES string of the molecule is CC1(C)OB(c2cccc(CC(=O)N3CCC(c4cccc(CNC(=O)O)c4)CC3)c2)OC1(C)C. The quantitative estimate of drug-likeness (QED) is 0.619. The molecule has 0 saturated carbocycles. The lowest BCUT2D eigenvalue weighted by atomic mass is 9.78. The van der Waals surface area contributed by atoms with E-state index < -0.39 is 24.4 Å². The summed E-state index contributed by atoms with van der Waals surface area (Å²) in [7, 11) is -0.438. The first-order valence-corrected chi connectivity index (χ1v) is 12.3. The van der Waals surface area contributed by atoms with Crippen molar-refractivity contribution in [3.05, 3.63) is 65.2 Å². The van der Waals surface area contributed by atoms with E-state index in [1.807, 2.05) is 69.0 Å². The molecule has 2 N–H and O–H groups in total. The first-order valence-electron chi connectivity index (χ1n) is 12.3. The normalized spacial score (nSPS) is 19.5. The molecule has 7 nitrogen and oxygen atoms in total. The Morgan fingerprint density at radius 1 is 1.00 bits per heavy atom. The van der Waals surface area contributed by atoms with Gasteiger partial charge in [0.15, 0.2) is 0 Å². The Morgan fingerprint density at radius 2 is 1.63 bits per heavy atom. The van der Waals surface area contributed by atoms with Crippen LogP contribution in [0.2, 0.25) is 0 Å². The van der Waals surface area contributed by atoms with Gasteiger partial charge in [-0.05, 0) is 68.6 Å². The second kappa shape index (κ2) is 10.0. The van der Waals surface area contributed by atoms with Gasteiger partial charge in [0.2, 0.25) is 5.91 Å². The number of hydrogen-bond acceptors (Lipinski definition) is 4. The van der Waals surface area contributed by atoms with Crippen LogP contribution in [0.4, 0.5) is 4.79 Å². The van der Waals surface area contributed by atoms with E-state index in [4.69, 9.17) is 14.4 Å². The number of benzene rings is 2. The Labute approximate surface area is 207 Å². The number of hydrogen-bond donors (Lipinski definition) is 2. The summed E-state index contributed by atoms with van der Waals surface area (Å²) < 4.78 is 12.3. The predicted molar refractivity (Wildman–Crippen MR) is 136 cm³/mol. The molecule has 0 aliphatic carbocycles. The van der Waals surface area contributed by atoms with E-state index in [1.165, 1.54) is 5.56 Å². The van der Waals surface area contributed by atoms with Gasteiger partial charge >= 0.3 is 13.2 Å². The fourth-order valence-corrected chi connectivity index (χ4v) is 4.71.